The molecule has 0 radical (unpaired) electrons. The van der Waals surface area contributed by atoms with Crippen LogP contribution in [-0.4, -0.2) is 29.8 Å². The fraction of sp³-hybridized carbons (Fsp3) is 0.533. The molecular weight excluding hydrogens is 229 g/mol. The molecule has 0 aliphatic heterocycles. The van der Waals surface area contributed by atoms with E-state index in [-0.39, 0.29) is 17.6 Å². The number of carbonyl (C=O) groups is 1. The molecular formula is C15H22FNO. The number of carbonyl (C=O) groups excluding carboxylic acids is 1. The third-order valence-electron chi connectivity index (χ3n) is 3.08. The smallest absolute Gasteiger partial charge is 0.179 e. The molecule has 0 N–H and O–H groups in total. The maximum atomic E-state index is 12.8. The van der Waals surface area contributed by atoms with E-state index in [2.05, 4.69) is 18.7 Å². The summed E-state index contributed by atoms with van der Waals surface area (Å²) < 4.78 is 12.8. The van der Waals surface area contributed by atoms with Crippen molar-refractivity contribution in [3.63, 3.8) is 0 Å². The van der Waals surface area contributed by atoms with Gasteiger partial charge in [-0.2, -0.15) is 0 Å². The van der Waals surface area contributed by atoms with Crippen LogP contribution >= 0.6 is 0 Å². The zero-order valence-electron chi connectivity index (χ0n) is 11.4. The average Bonchev–Trinajstić information content (AvgIpc) is 2.38. The number of benzene rings is 1. The first-order chi connectivity index (χ1) is 8.60. The molecule has 1 unspecified atom stereocenters. The van der Waals surface area contributed by atoms with Gasteiger partial charge in [0, 0.05) is 5.56 Å². The normalized spacial score (nSPS) is 12.7. The van der Waals surface area contributed by atoms with Gasteiger partial charge in [0.25, 0.3) is 0 Å². The zero-order valence-corrected chi connectivity index (χ0v) is 11.4. The first-order valence-corrected chi connectivity index (χ1v) is 6.64. The van der Waals surface area contributed by atoms with Gasteiger partial charge in [-0.3, -0.25) is 9.69 Å². The minimum atomic E-state index is -0.307. The van der Waals surface area contributed by atoms with E-state index in [0.717, 1.165) is 25.9 Å². The van der Waals surface area contributed by atoms with Crippen molar-refractivity contribution < 1.29 is 9.18 Å². The lowest BCUT2D eigenvalue weighted by molar-refractivity contribution is 0.0838. The van der Waals surface area contributed by atoms with E-state index >= 15 is 0 Å². The van der Waals surface area contributed by atoms with E-state index in [1.165, 1.54) is 12.1 Å². The summed E-state index contributed by atoms with van der Waals surface area (Å²) >= 11 is 0. The topological polar surface area (TPSA) is 20.3 Å². The van der Waals surface area contributed by atoms with Crippen molar-refractivity contribution in [2.45, 2.75) is 39.7 Å². The molecule has 3 heteroatoms. The molecule has 2 nitrogen and oxygen atoms in total. The second-order valence-electron chi connectivity index (χ2n) is 4.58. The fourth-order valence-corrected chi connectivity index (χ4v) is 2.09. The Morgan fingerprint density at radius 1 is 1.17 bits per heavy atom. The Morgan fingerprint density at radius 3 is 2.11 bits per heavy atom. The number of ketones is 1. The van der Waals surface area contributed by atoms with Crippen molar-refractivity contribution in [3.05, 3.63) is 35.6 Å². The number of rotatable bonds is 7. The Kier molecular flexibility index (Phi) is 5.99. The molecule has 0 amide bonds. The van der Waals surface area contributed by atoms with Crippen LogP contribution in [0.5, 0.6) is 0 Å². The lowest BCUT2D eigenvalue weighted by Gasteiger charge is -2.27. The summed E-state index contributed by atoms with van der Waals surface area (Å²) in [6.45, 7) is 7.98. The van der Waals surface area contributed by atoms with Gasteiger partial charge in [0.1, 0.15) is 5.82 Å². The van der Waals surface area contributed by atoms with E-state index in [0.29, 0.717) is 5.56 Å². The van der Waals surface area contributed by atoms with Crippen LogP contribution < -0.4 is 0 Å². The third-order valence-corrected chi connectivity index (χ3v) is 3.08. The Morgan fingerprint density at radius 2 is 1.67 bits per heavy atom. The Balaban J connectivity index is 2.77. The Bertz CT molecular complexity index is 369. The summed E-state index contributed by atoms with van der Waals surface area (Å²) in [6, 6.07) is 5.65. The number of Topliss-reactive ketones (excluding diaryl/α,β-unsaturated/α-hetero) is 1. The monoisotopic (exact) mass is 251 g/mol. The van der Waals surface area contributed by atoms with Crippen LogP contribution in [-0.2, 0) is 0 Å². The van der Waals surface area contributed by atoms with Gasteiger partial charge in [-0.1, -0.05) is 13.8 Å². The molecule has 0 saturated carbocycles. The number of nitrogens with zero attached hydrogens (tertiary/aromatic N) is 1. The fourth-order valence-electron chi connectivity index (χ4n) is 2.09. The molecule has 1 atom stereocenters. The van der Waals surface area contributed by atoms with Crippen molar-refractivity contribution in [1.29, 1.82) is 0 Å². The zero-order chi connectivity index (χ0) is 13.5. The maximum Gasteiger partial charge on any atom is 0.179 e. The minimum absolute atomic E-state index is 0.0666. The maximum absolute atomic E-state index is 12.8. The van der Waals surface area contributed by atoms with E-state index in [9.17, 15) is 9.18 Å². The lowest BCUT2D eigenvalue weighted by Crippen LogP contribution is -2.40. The highest BCUT2D eigenvalue weighted by molar-refractivity contribution is 5.99. The van der Waals surface area contributed by atoms with Gasteiger partial charge in [0.05, 0.1) is 6.04 Å². The summed E-state index contributed by atoms with van der Waals surface area (Å²) in [5.74, 6) is -0.241. The molecule has 1 aromatic carbocycles. The van der Waals surface area contributed by atoms with Crippen molar-refractivity contribution in [2.24, 2.45) is 0 Å². The molecule has 0 aliphatic carbocycles. The molecule has 0 saturated heterocycles. The highest BCUT2D eigenvalue weighted by Gasteiger charge is 2.21. The molecule has 1 aromatic rings. The van der Waals surface area contributed by atoms with Crippen LogP contribution in [0.25, 0.3) is 0 Å². The molecule has 0 fully saturated rings. The third kappa shape index (κ3) is 3.91. The first kappa shape index (κ1) is 14.8. The van der Waals surface area contributed by atoms with Crippen molar-refractivity contribution in [1.82, 2.24) is 4.90 Å². The van der Waals surface area contributed by atoms with Crippen LogP contribution in [0.15, 0.2) is 24.3 Å². The molecule has 100 valence electrons. The molecule has 0 spiro atoms. The number of hydrogen-bond acceptors (Lipinski definition) is 2. The number of hydrogen-bond donors (Lipinski definition) is 0. The van der Waals surface area contributed by atoms with E-state index in [1.54, 1.807) is 12.1 Å². The minimum Gasteiger partial charge on any atom is -0.294 e. The van der Waals surface area contributed by atoms with Crippen LogP contribution in [0, 0.1) is 5.82 Å². The summed E-state index contributed by atoms with van der Waals surface area (Å²) in [7, 11) is 0. The largest absolute Gasteiger partial charge is 0.294 e. The molecule has 0 aliphatic rings. The second kappa shape index (κ2) is 7.27. The molecule has 0 bridgehead atoms. The Labute approximate surface area is 109 Å². The molecule has 0 aromatic heterocycles. The SMILES string of the molecule is CCCN(CCC)C(C)C(=O)c1ccc(F)cc1. The van der Waals surface area contributed by atoms with Gasteiger partial charge in [-0.25, -0.2) is 4.39 Å². The van der Waals surface area contributed by atoms with Crippen molar-refractivity contribution in [2.75, 3.05) is 13.1 Å². The molecule has 0 heterocycles. The highest BCUT2D eigenvalue weighted by atomic mass is 19.1. The summed E-state index contributed by atoms with van der Waals surface area (Å²) in [6.07, 6.45) is 2.06. The Hall–Kier alpha value is -1.22. The quantitative estimate of drug-likeness (QED) is 0.691. The van der Waals surface area contributed by atoms with E-state index in [4.69, 9.17) is 0 Å². The number of halogens is 1. The van der Waals surface area contributed by atoms with Gasteiger partial charge in [0.2, 0.25) is 0 Å². The van der Waals surface area contributed by atoms with E-state index in [1.807, 2.05) is 6.92 Å². The standard InChI is InChI=1S/C15H22FNO/c1-4-10-17(11-5-2)12(3)15(18)13-6-8-14(16)9-7-13/h6-9,12H,4-5,10-11H2,1-3H3. The van der Waals surface area contributed by atoms with Gasteiger partial charge < -0.3 is 0 Å². The van der Waals surface area contributed by atoms with Crippen LogP contribution in [0.4, 0.5) is 4.39 Å². The van der Waals surface area contributed by atoms with Gasteiger partial charge in [0.15, 0.2) is 5.78 Å². The van der Waals surface area contributed by atoms with Gasteiger partial charge in [-0.15, -0.1) is 0 Å². The molecule has 18 heavy (non-hydrogen) atoms. The van der Waals surface area contributed by atoms with Crippen LogP contribution in [0.1, 0.15) is 44.0 Å². The lowest BCUT2D eigenvalue weighted by atomic mass is 10.0. The van der Waals surface area contributed by atoms with Crippen molar-refractivity contribution >= 4 is 5.78 Å². The summed E-state index contributed by atoms with van der Waals surface area (Å²) in [5, 5.41) is 0. The van der Waals surface area contributed by atoms with Crippen LogP contribution in [0.2, 0.25) is 0 Å². The predicted octanol–water partition coefficient (Wildman–Crippen LogP) is 3.52. The average molecular weight is 251 g/mol. The predicted molar refractivity (Wildman–Crippen MR) is 72.3 cm³/mol. The van der Waals surface area contributed by atoms with Crippen molar-refractivity contribution in [3.8, 4) is 0 Å². The highest BCUT2D eigenvalue weighted by Crippen LogP contribution is 2.11. The van der Waals surface area contributed by atoms with Crippen LogP contribution in [0.3, 0.4) is 0 Å². The van der Waals surface area contributed by atoms with Gasteiger partial charge in [-0.05, 0) is 57.1 Å². The van der Waals surface area contributed by atoms with Gasteiger partial charge >= 0.3 is 0 Å². The van der Waals surface area contributed by atoms with E-state index < -0.39 is 0 Å². The summed E-state index contributed by atoms with van der Waals surface area (Å²) in [5.41, 5.74) is 0.584. The summed E-state index contributed by atoms with van der Waals surface area (Å²) in [4.78, 5) is 14.5. The molecule has 1 rings (SSSR count). The second-order valence-corrected chi connectivity index (χ2v) is 4.58. The first-order valence-electron chi connectivity index (χ1n) is 6.64.